The van der Waals surface area contributed by atoms with Gasteiger partial charge in [-0.2, -0.15) is 0 Å². The van der Waals surface area contributed by atoms with Gasteiger partial charge in [-0.25, -0.2) is 0 Å². The molecule has 0 radical (unpaired) electrons. The predicted molar refractivity (Wildman–Crippen MR) is 263 cm³/mol. The Morgan fingerprint density at radius 2 is 0.873 bits per heavy atom. The van der Waals surface area contributed by atoms with Crippen LogP contribution in [0.4, 0.5) is 0 Å². The molecule has 0 fully saturated rings. The van der Waals surface area contributed by atoms with E-state index in [0.717, 1.165) is 6.42 Å². The van der Waals surface area contributed by atoms with Gasteiger partial charge in [-0.05, 0) is 131 Å². The molecule has 0 heterocycles. The zero-order valence-corrected chi connectivity index (χ0v) is 36.5. The highest BCUT2D eigenvalue weighted by atomic mass is 14.5. The molecule has 0 aliphatic heterocycles. The van der Waals surface area contributed by atoms with Crippen molar-refractivity contribution in [3.8, 4) is 44.5 Å². The van der Waals surface area contributed by atoms with Crippen molar-refractivity contribution in [2.45, 2.75) is 56.8 Å². The van der Waals surface area contributed by atoms with Crippen LogP contribution in [0, 0.1) is 6.92 Å². The first-order valence-corrected chi connectivity index (χ1v) is 22.8. The topological polar surface area (TPSA) is 0 Å². The second-order valence-corrected chi connectivity index (χ2v) is 18.6. The van der Waals surface area contributed by atoms with Crippen molar-refractivity contribution in [2.75, 3.05) is 0 Å². The Hall–Kier alpha value is -7.02. The summed E-state index contributed by atoms with van der Waals surface area (Å²) in [5.74, 6) is 0.176. The monoisotopic (exact) mass is 806 g/mol. The van der Waals surface area contributed by atoms with Crippen LogP contribution in [0.5, 0.6) is 0 Å². The molecule has 9 aromatic rings. The van der Waals surface area contributed by atoms with Crippen LogP contribution in [0.15, 0.2) is 206 Å². The second-order valence-electron chi connectivity index (χ2n) is 18.6. The average molecular weight is 807 g/mol. The molecule has 3 aliphatic rings. The standard InChI is InChI=1S/C63H50/c1-5-42(43-24-9-10-25-44(43)52-39-53-47-28-11-16-33-54(47)62(3,4)59(53)38-40(52)2)48-31-21-32-51(60(48)41-22-7-6-8-23-41)61-49-29-14-19-36-57(49)63(58-37-20-15-30-50(58)61)55-34-17-12-26-45(55)46-27-13-18-35-56(46)63/h6-39,42,61H,5H2,1-4H3. The van der Waals surface area contributed by atoms with Crippen molar-refractivity contribution in [3.63, 3.8) is 0 Å². The van der Waals surface area contributed by atoms with Gasteiger partial charge < -0.3 is 0 Å². The van der Waals surface area contributed by atoms with Crippen LogP contribution < -0.4 is 0 Å². The minimum atomic E-state index is -0.421. The molecule has 12 rings (SSSR count). The number of aryl methyl sites for hydroxylation is 1. The minimum Gasteiger partial charge on any atom is -0.0645 e. The highest BCUT2D eigenvalue weighted by molar-refractivity contribution is 5.90. The van der Waals surface area contributed by atoms with Crippen LogP contribution in [0.1, 0.15) is 106 Å². The van der Waals surface area contributed by atoms with E-state index < -0.39 is 5.41 Å². The van der Waals surface area contributed by atoms with Crippen LogP contribution >= 0.6 is 0 Å². The van der Waals surface area contributed by atoms with Crippen molar-refractivity contribution in [2.24, 2.45) is 0 Å². The smallest absolute Gasteiger partial charge is 0.0645 e. The molecular weight excluding hydrogens is 757 g/mol. The maximum Gasteiger partial charge on any atom is 0.0719 e. The predicted octanol–water partition coefficient (Wildman–Crippen LogP) is 16.0. The van der Waals surface area contributed by atoms with Crippen molar-refractivity contribution in [1.29, 1.82) is 0 Å². The molecule has 1 atom stereocenters. The molecule has 0 heteroatoms. The quantitative estimate of drug-likeness (QED) is 0.157. The highest BCUT2D eigenvalue weighted by Crippen LogP contribution is 2.62. The van der Waals surface area contributed by atoms with Gasteiger partial charge in [0.05, 0.1) is 5.41 Å². The molecule has 1 spiro atoms. The van der Waals surface area contributed by atoms with E-state index >= 15 is 0 Å². The van der Waals surface area contributed by atoms with Crippen molar-refractivity contribution < 1.29 is 0 Å². The van der Waals surface area contributed by atoms with Gasteiger partial charge in [0.25, 0.3) is 0 Å². The Labute approximate surface area is 372 Å². The minimum absolute atomic E-state index is 0.0215. The molecule has 0 nitrogen and oxygen atoms in total. The maximum absolute atomic E-state index is 2.50. The largest absolute Gasteiger partial charge is 0.0719 e. The third-order valence-corrected chi connectivity index (χ3v) is 15.1. The molecule has 0 saturated heterocycles. The fraction of sp³-hybridized carbons (Fsp3) is 0.143. The fourth-order valence-corrected chi connectivity index (χ4v) is 12.5. The summed E-state index contributed by atoms with van der Waals surface area (Å²) in [6, 6.07) is 78.7. The number of hydrogen-bond acceptors (Lipinski definition) is 0. The summed E-state index contributed by atoms with van der Waals surface area (Å²) >= 11 is 0. The van der Waals surface area contributed by atoms with E-state index in [0.29, 0.717) is 0 Å². The van der Waals surface area contributed by atoms with Crippen LogP contribution in [0.3, 0.4) is 0 Å². The Bertz CT molecular complexity index is 3170. The van der Waals surface area contributed by atoms with Gasteiger partial charge in [0.15, 0.2) is 0 Å². The van der Waals surface area contributed by atoms with Gasteiger partial charge in [-0.1, -0.05) is 221 Å². The van der Waals surface area contributed by atoms with E-state index in [4.69, 9.17) is 0 Å². The molecular formula is C63H50. The van der Waals surface area contributed by atoms with E-state index in [-0.39, 0.29) is 17.3 Å². The molecule has 9 aromatic carbocycles. The summed E-state index contributed by atoms with van der Waals surface area (Å²) in [7, 11) is 0. The molecule has 0 amide bonds. The number of hydrogen-bond donors (Lipinski definition) is 0. The number of benzene rings is 9. The van der Waals surface area contributed by atoms with Crippen LogP contribution in [-0.2, 0) is 10.8 Å². The van der Waals surface area contributed by atoms with E-state index in [1.807, 2.05) is 0 Å². The van der Waals surface area contributed by atoms with Gasteiger partial charge in [-0.3, -0.25) is 0 Å². The SMILES string of the molecule is CCC(c1ccccc1-c1cc2c(cc1C)C(C)(C)c1ccccc1-2)c1cccc(C2c3ccccc3C3(c4ccccc4-c4ccccc43)c3ccccc32)c1-c1ccccc1. The Balaban J connectivity index is 1.09. The van der Waals surface area contributed by atoms with Crippen molar-refractivity contribution in [3.05, 3.63) is 273 Å². The zero-order valence-electron chi connectivity index (χ0n) is 36.5. The molecule has 3 aliphatic carbocycles. The Morgan fingerprint density at radius 3 is 1.49 bits per heavy atom. The van der Waals surface area contributed by atoms with Gasteiger partial charge in [0.2, 0.25) is 0 Å². The first-order valence-electron chi connectivity index (χ1n) is 22.8. The van der Waals surface area contributed by atoms with Crippen LogP contribution in [0.25, 0.3) is 44.5 Å². The van der Waals surface area contributed by atoms with Crippen molar-refractivity contribution >= 4 is 0 Å². The lowest BCUT2D eigenvalue weighted by Gasteiger charge is -2.44. The molecule has 0 bridgehead atoms. The molecule has 0 N–H and O–H groups in total. The normalized spacial score (nSPS) is 15.2. The lowest BCUT2D eigenvalue weighted by Crippen LogP contribution is -2.36. The van der Waals surface area contributed by atoms with Gasteiger partial charge in [0, 0.05) is 17.3 Å². The van der Waals surface area contributed by atoms with E-state index in [9.17, 15) is 0 Å². The third kappa shape index (κ3) is 5.28. The van der Waals surface area contributed by atoms with Crippen LogP contribution in [-0.4, -0.2) is 0 Å². The summed E-state index contributed by atoms with van der Waals surface area (Å²) in [4.78, 5) is 0. The van der Waals surface area contributed by atoms with E-state index in [1.165, 1.54) is 111 Å². The molecule has 63 heavy (non-hydrogen) atoms. The van der Waals surface area contributed by atoms with Gasteiger partial charge in [0.1, 0.15) is 0 Å². The van der Waals surface area contributed by atoms with Gasteiger partial charge in [-0.15, -0.1) is 0 Å². The first-order chi connectivity index (χ1) is 30.9. The van der Waals surface area contributed by atoms with Gasteiger partial charge >= 0.3 is 0 Å². The summed E-state index contributed by atoms with van der Waals surface area (Å²) in [5.41, 5.74) is 26.7. The zero-order chi connectivity index (χ0) is 42.5. The average Bonchev–Trinajstić information content (AvgIpc) is 3.75. The van der Waals surface area contributed by atoms with E-state index in [2.05, 4.69) is 234 Å². The number of fused-ring (bicyclic) bond motifs is 12. The lowest BCUT2D eigenvalue weighted by atomic mass is 9.58. The molecule has 1 unspecified atom stereocenters. The second kappa shape index (κ2) is 14.3. The molecule has 302 valence electrons. The highest BCUT2D eigenvalue weighted by Gasteiger charge is 2.52. The summed E-state index contributed by atoms with van der Waals surface area (Å²) in [5, 5.41) is 0. The van der Waals surface area contributed by atoms with Crippen LogP contribution in [0.2, 0.25) is 0 Å². The van der Waals surface area contributed by atoms with Crippen molar-refractivity contribution in [1.82, 2.24) is 0 Å². The van der Waals surface area contributed by atoms with E-state index in [1.54, 1.807) is 0 Å². The molecule has 0 aromatic heterocycles. The molecule has 0 saturated carbocycles. The first kappa shape index (κ1) is 37.7. The Kier molecular flexibility index (Phi) is 8.54. The summed E-state index contributed by atoms with van der Waals surface area (Å²) in [6.07, 6.45) is 0.967. The number of rotatable bonds is 6. The third-order valence-electron chi connectivity index (χ3n) is 15.1. The maximum atomic E-state index is 2.50. The lowest BCUT2D eigenvalue weighted by molar-refractivity contribution is 0.660. The summed E-state index contributed by atoms with van der Waals surface area (Å²) in [6.45, 7) is 9.45. The Morgan fingerprint density at radius 1 is 0.397 bits per heavy atom. The fourth-order valence-electron chi connectivity index (χ4n) is 12.5. The summed E-state index contributed by atoms with van der Waals surface area (Å²) < 4.78 is 0.